The van der Waals surface area contributed by atoms with Crippen molar-refractivity contribution in [2.75, 3.05) is 30.4 Å². The van der Waals surface area contributed by atoms with E-state index in [1.807, 2.05) is 24.3 Å². The summed E-state index contributed by atoms with van der Waals surface area (Å²) >= 11 is 6.39. The van der Waals surface area contributed by atoms with Crippen molar-refractivity contribution in [3.63, 3.8) is 0 Å². The number of hydrogen-bond donors (Lipinski definition) is 2. The van der Waals surface area contributed by atoms with Crippen LogP contribution in [0.25, 0.3) is 16.6 Å². The minimum absolute atomic E-state index is 0.0908. The highest BCUT2D eigenvalue weighted by Gasteiger charge is 2.19. The molecule has 1 aromatic carbocycles. The Labute approximate surface area is 186 Å². The van der Waals surface area contributed by atoms with Gasteiger partial charge in [-0.1, -0.05) is 25.1 Å². The lowest BCUT2D eigenvalue weighted by Crippen LogP contribution is -2.34. The van der Waals surface area contributed by atoms with E-state index in [0.717, 1.165) is 48.4 Å². The Morgan fingerprint density at radius 2 is 2.00 bits per heavy atom. The number of halogens is 1. The Balaban J connectivity index is 1.67. The molecule has 8 heteroatoms. The molecule has 31 heavy (non-hydrogen) atoms. The molecule has 1 saturated heterocycles. The zero-order chi connectivity index (χ0) is 22.1. The molecule has 7 nitrogen and oxygen atoms in total. The van der Waals surface area contributed by atoms with Crippen molar-refractivity contribution in [1.29, 1.82) is 0 Å². The van der Waals surface area contributed by atoms with E-state index in [1.165, 1.54) is 0 Å². The third kappa shape index (κ3) is 4.23. The van der Waals surface area contributed by atoms with Crippen molar-refractivity contribution in [2.24, 2.45) is 13.0 Å². The summed E-state index contributed by atoms with van der Waals surface area (Å²) in [5.74, 6) is 1.99. The van der Waals surface area contributed by atoms with Crippen LogP contribution in [-0.4, -0.2) is 34.7 Å². The molecule has 1 fully saturated rings. The van der Waals surface area contributed by atoms with E-state index >= 15 is 0 Å². The average molecular weight is 439 g/mol. The highest BCUT2D eigenvalue weighted by atomic mass is 35.5. The molecule has 4 rings (SSSR count). The SMILES string of the molecule is C=C(NC)c1cc2cc(Nc3nc(N4CCC(C)CC4)ncc3Cl)ccc2n(C)c1=O. The Kier molecular flexibility index (Phi) is 5.87. The van der Waals surface area contributed by atoms with Crippen molar-refractivity contribution in [2.45, 2.75) is 19.8 Å². The number of hydrogen-bond acceptors (Lipinski definition) is 6. The van der Waals surface area contributed by atoms with Crippen molar-refractivity contribution in [3.8, 4) is 0 Å². The van der Waals surface area contributed by atoms with E-state index in [0.29, 0.717) is 28.0 Å². The zero-order valence-electron chi connectivity index (χ0n) is 18.1. The molecule has 0 amide bonds. The molecule has 0 spiro atoms. The van der Waals surface area contributed by atoms with E-state index < -0.39 is 0 Å². The van der Waals surface area contributed by atoms with Gasteiger partial charge < -0.3 is 20.1 Å². The number of anilines is 3. The standard InChI is InChI=1S/C23H27ClN6O/c1-14-7-9-30(10-8-14)23-26-13-19(24)21(28-23)27-17-5-6-20-16(11-17)12-18(15(2)25-3)22(31)29(20)4/h5-6,11-14,25H,2,7-10H2,1,3-4H3,(H,26,27,28). The minimum Gasteiger partial charge on any atom is -0.388 e. The number of aromatic nitrogens is 3. The van der Waals surface area contributed by atoms with Gasteiger partial charge in [0.05, 0.1) is 17.3 Å². The second-order valence-corrected chi connectivity index (χ2v) is 8.49. The predicted octanol–water partition coefficient (Wildman–Crippen LogP) is 4.15. The number of fused-ring (bicyclic) bond motifs is 1. The van der Waals surface area contributed by atoms with Gasteiger partial charge >= 0.3 is 0 Å². The third-order valence-electron chi connectivity index (χ3n) is 5.91. The van der Waals surface area contributed by atoms with Gasteiger partial charge in [0.1, 0.15) is 5.02 Å². The minimum atomic E-state index is -0.0908. The van der Waals surface area contributed by atoms with Crippen LogP contribution in [0, 0.1) is 5.92 Å². The summed E-state index contributed by atoms with van der Waals surface area (Å²) in [5.41, 5.74) is 2.69. The maximum Gasteiger partial charge on any atom is 0.260 e. The van der Waals surface area contributed by atoms with Gasteiger partial charge in [-0.3, -0.25) is 4.79 Å². The van der Waals surface area contributed by atoms with Crippen LogP contribution in [0.1, 0.15) is 25.3 Å². The van der Waals surface area contributed by atoms with Crippen LogP contribution >= 0.6 is 11.6 Å². The van der Waals surface area contributed by atoms with Crippen LogP contribution in [-0.2, 0) is 7.05 Å². The maximum absolute atomic E-state index is 12.6. The number of nitrogens with zero attached hydrogens (tertiary/aromatic N) is 4. The normalized spacial score (nSPS) is 14.6. The molecule has 0 bridgehead atoms. The van der Waals surface area contributed by atoms with Crippen LogP contribution in [0.4, 0.5) is 17.5 Å². The number of rotatable bonds is 5. The first-order chi connectivity index (χ1) is 14.9. The summed E-state index contributed by atoms with van der Waals surface area (Å²) in [6, 6.07) is 7.65. The first-order valence-electron chi connectivity index (χ1n) is 10.4. The van der Waals surface area contributed by atoms with Gasteiger partial charge in [0.25, 0.3) is 5.56 Å². The molecule has 0 atom stereocenters. The fourth-order valence-corrected chi connectivity index (χ4v) is 3.99. The molecular weight excluding hydrogens is 412 g/mol. The summed E-state index contributed by atoms with van der Waals surface area (Å²) in [5, 5.41) is 7.64. The highest BCUT2D eigenvalue weighted by molar-refractivity contribution is 6.32. The van der Waals surface area contributed by atoms with E-state index in [2.05, 4.69) is 39.0 Å². The quantitative estimate of drug-likeness (QED) is 0.623. The van der Waals surface area contributed by atoms with E-state index in [1.54, 1.807) is 24.9 Å². The average Bonchev–Trinajstić information content (AvgIpc) is 2.77. The van der Waals surface area contributed by atoms with Gasteiger partial charge in [-0.25, -0.2) is 4.98 Å². The van der Waals surface area contributed by atoms with E-state index in [9.17, 15) is 4.79 Å². The first-order valence-corrected chi connectivity index (χ1v) is 10.8. The second-order valence-electron chi connectivity index (χ2n) is 8.09. The molecule has 1 aliphatic rings. The fourth-order valence-electron chi connectivity index (χ4n) is 3.85. The predicted molar refractivity (Wildman–Crippen MR) is 128 cm³/mol. The van der Waals surface area contributed by atoms with Crippen LogP contribution < -0.4 is 21.1 Å². The van der Waals surface area contributed by atoms with Crippen LogP contribution in [0.5, 0.6) is 0 Å². The van der Waals surface area contributed by atoms with Gasteiger partial charge in [-0.2, -0.15) is 4.98 Å². The van der Waals surface area contributed by atoms with Gasteiger partial charge in [0.2, 0.25) is 5.95 Å². The van der Waals surface area contributed by atoms with Crippen molar-refractivity contribution in [1.82, 2.24) is 19.9 Å². The number of nitrogens with one attached hydrogen (secondary N) is 2. The summed E-state index contributed by atoms with van der Waals surface area (Å²) in [7, 11) is 3.51. The van der Waals surface area contributed by atoms with Crippen molar-refractivity contribution < 1.29 is 0 Å². The van der Waals surface area contributed by atoms with E-state index in [-0.39, 0.29) is 5.56 Å². The molecule has 0 unspecified atom stereocenters. The number of aryl methyl sites for hydroxylation is 1. The van der Waals surface area contributed by atoms with Crippen molar-refractivity contribution in [3.05, 3.63) is 58.0 Å². The van der Waals surface area contributed by atoms with Crippen LogP contribution in [0.3, 0.4) is 0 Å². The summed E-state index contributed by atoms with van der Waals surface area (Å²) < 4.78 is 1.63. The topological polar surface area (TPSA) is 75.1 Å². The zero-order valence-corrected chi connectivity index (χ0v) is 18.8. The Bertz CT molecular complexity index is 1200. The first kappa shape index (κ1) is 21.2. The summed E-state index contributed by atoms with van der Waals surface area (Å²) in [6.45, 7) is 8.11. The Morgan fingerprint density at radius 3 is 2.71 bits per heavy atom. The fraction of sp³-hybridized carbons (Fsp3) is 0.348. The smallest absolute Gasteiger partial charge is 0.260 e. The third-order valence-corrected chi connectivity index (χ3v) is 6.19. The molecule has 0 radical (unpaired) electrons. The lowest BCUT2D eigenvalue weighted by molar-refractivity contribution is 0.434. The monoisotopic (exact) mass is 438 g/mol. The largest absolute Gasteiger partial charge is 0.388 e. The molecule has 2 N–H and O–H groups in total. The molecule has 3 aromatic rings. The molecule has 162 valence electrons. The summed E-state index contributed by atoms with van der Waals surface area (Å²) in [4.78, 5) is 23.9. The highest BCUT2D eigenvalue weighted by Crippen LogP contribution is 2.28. The number of pyridine rings is 1. The Morgan fingerprint density at radius 1 is 1.26 bits per heavy atom. The van der Waals surface area contributed by atoms with Gasteiger partial charge in [-0.15, -0.1) is 0 Å². The number of benzene rings is 1. The molecule has 3 heterocycles. The molecule has 0 aliphatic carbocycles. The van der Waals surface area contributed by atoms with Crippen molar-refractivity contribution >= 4 is 45.7 Å². The second kappa shape index (κ2) is 8.59. The lowest BCUT2D eigenvalue weighted by Gasteiger charge is -2.30. The lowest BCUT2D eigenvalue weighted by atomic mass is 10.00. The summed E-state index contributed by atoms with van der Waals surface area (Å²) in [6.07, 6.45) is 3.92. The number of piperidine rings is 1. The molecule has 2 aromatic heterocycles. The Hall–Kier alpha value is -3.06. The van der Waals surface area contributed by atoms with E-state index in [4.69, 9.17) is 11.6 Å². The maximum atomic E-state index is 12.6. The molecular formula is C23H27ClN6O. The van der Waals surface area contributed by atoms with Crippen LogP contribution in [0.15, 0.2) is 41.8 Å². The van der Waals surface area contributed by atoms with Gasteiger partial charge in [0.15, 0.2) is 5.82 Å². The molecule has 1 aliphatic heterocycles. The van der Waals surface area contributed by atoms with Gasteiger partial charge in [-0.05, 0) is 43.0 Å². The van der Waals surface area contributed by atoms with Gasteiger partial charge in [0, 0.05) is 44.0 Å². The van der Waals surface area contributed by atoms with Crippen LogP contribution in [0.2, 0.25) is 5.02 Å². The molecule has 0 saturated carbocycles.